The van der Waals surface area contributed by atoms with E-state index in [0.29, 0.717) is 19.5 Å². The van der Waals surface area contributed by atoms with Crippen molar-refractivity contribution in [2.24, 2.45) is 0 Å². The maximum absolute atomic E-state index is 10.2. The van der Waals surface area contributed by atoms with Crippen molar-refractivity contribution in [3.8, 4) is 5.82 Å². The lowest BCUT2D eigenvalue weighted by atomic mass is 10.2. The zero-order valence-electron chi connectivity index (χ0n) is 16.7. The molecule has 1 aliphatic heterocycles. The topological polar surface area (TPSA) is 95.2 Å². The van der Waals surface area contributed by atoms with Crippen molar-refractivity contribution in [2.45, 2.75) is 25.1 Å². The first kappa shape index (κ1) is 19.3. The Balaban J connectivity index is 1.42. The van der Waals surface area contributed by atoms with E-state index in [1.807, 2.05) is 54.0 Å². The van der Waals surface area contributed by atoms with Crippen LogP contribution < -0.4 is 15.1 Å². The van der Waals surface area contributed by atoms with Crippen LogP contribution in [0.4, 0.5) is 11.6 Å². The van der Waals surface area contributed by atoms with E-state index in [-0.39, 0.29) is 12.1 Å². The highest BCUT2D eigenvalue weighted by Gasteiger charge is 2.31. The first-order chi connectivity index (χ1) is 14.1. The molecule has 3 aromatic heterocycles. The minimum absolute atomic E-state index is 0.154. The maximum atomic E-state index is 10.2. The minimum atomic E-state index is -0.362. The molecule has 4 heterocycles. The third-order valence-corrected chi connectivity index (χ3v) is 5.06. The van der Waals surface area contributed by atoms with Gasteiger partial charge in [-0.1, -0.05) is 6.07 Å². The standard InChI is InChI=1S/C20H26N8O/c1-26(2)19-10-20(24-14-23-19)27-13-17(29)9-16(27)12-21-11-15-6-8-25-28(15)18-5-3-4-7-22-18/h3-8,10,14,16-17,21,29H,9,11-13H2,1-2H3/t16-,17-/m1/s1. The Labute approximate surface area is 170 Å². The van der Waals surface area contributed by atoms with Gasteiger partial charge in [0, 0.05) is 58.2 Å². The Hall–Kier alpha value is -3.04. The second-order valence-corrected chi connectivity index (χ2v) is 7.38. The summed E-state index contributed by atoms with van der Waals surface area (Å²) in [6, 6.07) is 9.87. The van der Waals surface area contributed by atoms with Crippen molar-refractivity contribution < 1.29 is 5.11 Å². The van der Waals surface area contributed by atoms with Crippen LogP contribution in [0.2, 0.25) is 0 Å². The van der Waals surface area contributed by atoms with Gasteiger partial charge in [0.2, 0.25) is 0 Å². The number of aliphatic hydroxyl groups is 1. The summed E-state index contributed by atoms with van der Waals surface area (Å²) in [4.78, 5) is 17.2. The fourth-order valence-corrected chi connectivity index (χ4v) is 3.62. The molecule has 9 nitrogen and oxygen atoms in total. The fourth-order valence-electron chi connectivity index (χ4n) is 3.62. The molecule has 0 aliphatic carbocycles. The largest absolute Gasteiger partial charge is 0.391 e. The summed E-state index contributed by atoms with van der Waals surface area (Å²) in [6.07, 6.45) is 5.45. The molecule has 0 unspecified atom stereocenters. The van der Waals surface area contributed by atoms with Gasteiger partial charge in [0.1, 0.15) is 18.0 Å². The molecule has 2 atom stereocenters. The zero-order chi connectivity index (χ0) is 20.2. The number of anilines is 2. The van der Waals surface area contributed by atoms with Crippen LogP contribution >= 0.6 is 0 Å². The first-order valence-corrected chi connectivity index (χ1v) is 9.71. The number of β-amino-alcohol motifs (C(OH)–C–C–N with tert-alkyl or cyclic N) is 1. The highest BCUT2D eigenvalue weighted by molar-refractivity contribution is 5.51. The van der Waals surface area contributed by atoms with E-state index in [9.17, 15) is 5.11 Å². The molecule has 0 spiro atoms. The lowest BCUT2D eigenvalue weighted by Gasteiger charge is -2.26. The molecule has 152 valence electrons. The summed E-state index contributed by atoms with van der Waals surface area (Å²) < 4.78 is 1.84. The highest BCUT2D eigenvalue weighted by atomic mass is 16.3. The summed E-state index contributed by atoms with van der Waals surface area (Å²) in [5.41, 5.74) is 1.03. The van der Waals surface area contributed by atoms with Crippen molar-refractivity contribution in [1.82, 2.24) is 30.0 Å². The van der Waals surface area contributed by atoms with Crippen LogP contribution in [0, 0.1) is 0 Å². The molecule has 29 heavy (non-hydrogen) atoms. The van der Waals surface area contributed by atoms with Crippen LogP contribution in [0.5, 0.6) is 0 Å². The van der Waals surface area contributed by atoms with Crippen molar-refractivity contribution in [1.29, 1.82) is 0 Å². The Morgan fingerprint density at radius 3 is 2.83 bits per heavy atom. The molecule has 0 bridgehead atoms. The van der Waals surface area contributed by atoms with Crippen LogP contribution in [0.3, 0.4) is 0 Å². The second kappa shape index (κ2) is 8.54. The third kappa shape index (κ3) is 4.36. The number of aliphatic hydroxyl groups excluding tert-OH is 1. The van der Waals surface area contributed by atoms with Crippen LogP contribution in [-0.4, -0.2) is 69.2 Å². The van der Waals surface area contributed by atoms with E-state index in [2.05, 4.69) is 30.3 Å². The van der Waals surface area contributed by atoms with Crippen molar-refractivity contribution >= 4 is 11.6 Å². The van der Waals surface area contributed by atoms with E-state index in [1.54, 1.807) is 18.7 Å². The molecule has 9 heteroatoms. The van der Waals surface area contributed by atoms with E-state index in [1.165, 1.54) is 0 Å². The predicted molar refractivity (Wildman–Crippen MR) is 111 cm³/mol. The Kier molecular flexibility index (Phi) is 5.68. The molecule has 0 saturated carbocycles. The van der Waals surface area contributed by atoms with Gasteiger partial charge in [-0.05, 0) is 24.6 Å². The summed E-state index contributed by atoms with van der Waals surface area (Å²) in [5.74, 6) is 2.48. The van der Waals surface area contributed by atoms with Crippen LogP contribution in [0.1, 0.15) is 12.1 Å². The average Bonchev–Trinajstić information content (AvgIpc) is 3.35. The molecule has 4 rings (SSSR count). The molecular formula is C20H26N8O. The van der Waals surface area contributed by atoms with Crippen molar-refractivity contribution in [3.05, 3.63) is 54.7 Å². The predicted octanol–water partition coefficient (Wildman–Crippen LogP) is 0.853. The number of hydrogen-bond acceptors (Lipinski definition) is 8. The lowest BCUT2D eigenvalue weighted by molar-refractivity contribution is 0.194. The van der Waals surface area contributed by atoms with Crippen molar-refractivity contribution in [3.63, 3.8) is 0 Å². The fraction of sp³-hybridized carbons (Fsp3) is 0.400. The molecule has 0 amide bonds. The van der Waals surface area contributed by atoms with Gasteiger partial charge in [0.25, 0.3) is 0 Å². The molecule has 3 aromatic rings. The normalized spacial score (nSPS) is 18.9. The highest BCUT2D eigenvalue weighted by Crippen LogP contribution is 2.25. The molecule has 1 aliphatic rings. The maximum Gasteiger partial charge on any atom is 0.153 e. The number of pyridine rings is 1. The van der Waals surface area contributed by atoms with Gasteiger partial charge < -0.3 is 20.2 Å². The molecular weight excluding hydrogens is 368 g/mol. The number of rotatable bonds is 7. The Morgan fingerprint density at radius 2 is 2.03 bits per heavy atom. The van der Waals surface area contributed by atoms with Gasteiger partial charge in [-0.3, -0.25) is 0 Å². The van der Waals surface area contributed by atoms with Crippen molar-refractivity contribution in [2.75, 3.05) is 37.0 Å². The molecule has 2 N–H and O–H groups in total. The van der Waals surface area contributed by atoms with Crippen LogP contribution in [0.15, 0.2) is 49.1 Å². The molecule has 1 saturated heterocycles. The Morgan fingerprint density at radius 1 is 1.14 bits per heavy atom. The number of aromatic nitrogens is 5. The zero-order valence-corrected chi connectivity index (χ0v) is 16.7. The van der Waals surface area contributed by atoms with Gasteiger partial charge in [-0.2, -0.15) is 5.10 Å². The van der Waals surface area contributed by atoms with E-state index < -0.39 is 0 Å². The average molecular weight is 394 g/mol. The summed E-state index contributed by atoms with van der Waals surface area (Å²) >= 11 is 0. The smallest absolute Gasteiger partial charge is 0.153 e. The Bertz CT molecular complexity index is 929. The van der Waals surface area contributed by atoms with Gasteiger partial charge in [0.05, 0.1) is 11.8 Å². The second-order valence-electron chi connectivity index (χ2n) is 7.38. The quantitative estimate of drug-likeness (QED) is 0.609. The third-order valence-electron chi connectivity index (χ3n) is 5.06. The first-order valence-electron chi connectivity index (χ1n) is 9.71. The summed E-state index contributed by atoms with van der Waals surface area (Å²) in [5, 5.41) is 18.1. The summed E-state index contributed by atoms with van der Waals surface area (Å²) in [6.45, 7) is 1.96. The van der Waals surface area contributed by atoms with Gasteiger partial charge in [-0.15, -0.1) is 0 Å². The molecule has 0 radical (unpaired) electrons. The lowest BCUT2D eigenvalue weighted by Crippen LogP contribution is -2.38. The minimum Gasteiger partial charge on any atom is -0.391 e. The van der Waals surface area contributed by atoms with Gasteiger partial charge >= 0.3 is 0 Å². The van der Waals surface area contributed by atoms with Gasteiger partial charge in [-0.25, -0.2) is 19.6 Å². The molecule has 0 aromatic carbocycles. The van der Waals surface area contributed by atoms with E-state index in [4.69, 9.17) is 0 Å². The summed E-state index contributed by atoms with van der Waals surface area (Å²) in [7, 11) is 3.91. The number of nitrogens with one attached hydrogen (secondary N) is 1. The van der Waals surface area contributed by atoms with Crippen LogP contribution in [-0.2, 0) is 6.54 Å². The van der Waals surface area contributed by atoms with Crippen LogP contribution in [0.25, 0.3) is 5.82 Å². The van der Waals surface area contributed by atoms with Gasteiger partial charge in [0.15, 0.2) is 5.82 Å². The number of nitrogens with zero attached hydrogens (tertiary/aromatic N) is 7. The SMILES string of the molecule is CN(C)c1cc(N2C[C@H](O)C[C@@H]2CNCc2ccnn2-c2ccccn2)ncn1. The molecule has 1 fully saturated rings. The monoisotopic (exact) mass is 394 g/mol. The van der Waals surface area contributed by atoms with E-state index >= 15 is 0 Å². The van der Waals surface area contributed by atoms with E-state index in [0.717, 1.165) is 29.7 Å². The number of hydrogen-bond donors (Lipinski definition) is 2.